The lowest BCUT2D eigenvalue weighted by molar-refractivity contribution is -0.113. The number of Topliss-reactive ketones (excluding diaryl/α,β-unsaturated/α-hetero) is 1. The maximum atomic E-state index is 11.4. The molecule has 0 unspecified atom stereocenters. The average molecular weight is 278 g/mol. The monoisotopic (exact) mass is 278 g/mol. The third-order valence-corrected chi connectivity index (χ3v) is 3.60. The molecule has 106 valence electrons. The van der Waals surface area contributed by atoms with Crippen LogP contribution in [0.2, 0.25) is 0 Å². The van der Waals surface area contributed by atoms with Crippen LogP contribution in [0, 0.1) is 25.2 Å². The van der Waals surface area contributed by atoms with Crippen LogP contribution < -0.4 is 0 Å². The van der Waals surface area contributed by atoms with Crippen LogP contribution in [0.5, 0.6) is 0 Å². The highest BCUT2D eigenvalue weighted by molar-refractivity contribution is 6.01. The lowest BCUT2D eigenvalue weighted by Crippen LogP contribution is -2.03. The molecule has 21 heavy (non-hydrogen) atoms. The molecule has 0 bridgehead atoms. The molecular formula is C18H18N2O. The third-order valence-electron chi connectivity index (χ3n) is 3.60. The zero-order valence-electron chi connectivity index (χ0n) is 12.6. The molecule has 0 fully saturated rings. The maximum Gasteiger partial charge on any atom is 0.170 e. The lowest BCUT2D eigenvalue weighted by Gasteiger charge is -2.09. The molecule has 2 rings (SSSR count). The van der Waals surface area contributed by atoms with Crippen LogP contribution >= 0.6 is 0 Å². The summed E-state index contributed by atoms with van der Waals surface area (Å²) in [5, 5.41) is 9.01. The van der Waals surface area contributed by atoms with E-state index in [4.69, 9.17) is 5.26 Å². The number of ketones is 1. The third kappa shape index (κ3) is 3.29. The molecule has 3 nitrogen and oxygen atoms in total. The Labute approximate surface area is 125 Å². The highest BCUT2D eigenvalue weighted by Gasteiger charge is 2.10. The summed E-state index contributed by atoms with van der Waals surface area (Å²) in [6, 6.07) is 14.2. The van der Waals surface area contributed by atoms with E-state index in [1.54, 1.807) is 6.08 Å². The SMILES string of the molecule is CC(=O)C(C#N)=Cc1cc(C)n(Cc2ccccc2)c1C. The number of carbonyl (C=O) groups is 1. The summed E-state index contributed by atoms with van der Waals surface area (Å²) in [6.07, 6.45) is 1.67. The van der Waals surface area contributed by atoms with Gasteiger partial charge in [0, 0.05) is 17.9 Å². The summed E-state index contributed by atoms with van der Waals surface area (Å²) in [7, 11) is 0. The van der Waals surface area contributed by atoms with Crippen molar-refractivity contribution < 1.29 is 4.79 Å². The summed E-state index contributed by atoms with van der Waals surface area (Å²) in [6.45, 7) is 6.25. The van der Waals surface area contributed by atoms with Gasteiger partial charge in [-0.3, -0.25) is 4.79 Å². The molecule has 1 aromatic carbocycles. The fraction of sp³-hybridized carbons (Fsp3) is 0.222. The van der Waals surface area contributed by atoms with E-state index < -0.39 is 0 Å². The second-order valence-corrected chi connectivity index (χ2v) is 5.12. The summed E-state index contributed by atoms with van der Waals surface area (Å²) < 4.78 is 2.19. The maximum absolute atomic E-state index is 11.4. The minimum absolute atomic E-state index is 0.190. The first-order valence-electron chi connectivity index (χ1n) is 6.86. The van der Waals surface area contributed by atoms with E-state index >= 15 is 0 Å². The first-order valence-corrected chi connectivity index (χ1v) is 6.86. The zero-order chi connectivity index (χ0) is 15.4. The van der Waals surface area contributed by atoms with E-state index in [1.165, 1.54) is 12.5 Å². The van der Waals surface area contributed by atoms with Crippen molar-refractivity contribution in [3.05, 3.63) is 64.5 Å². The molecule has 0 saturated carbocycles. The number of rotatable bonds is 4. The Morgan fingerprint density at radius 1 is 1.29 bits per heavy atom. The van der Waals surface area contributed by atoms with Gasteiger partial charge in [-0.1, -0.05) is 30.3 Å². The highest BCUT2D eigenvalue weighted by Crippen LogP contribution is 2.20. The van der Waals surface area contributed by atoms with Crippen molar-refractivity contribution in [1.82, 2.24) is 4.57 Å². The van der Waals surface area contributed by atoms with Gasteiger partial charge in [0.25, 0.3) is 0 Å². The molecule has 2 aromatic rings. The van der Waals surface area contributed by atoms with Crippen LogP contribution in [-0.4, -0.2) is 10.4 Å². The number of benzene rings is 1. The molecule has 0 saturated heterocycles. The number of carbonyl (C=O) groups excluding carboxylic acids is 1. The van der Waals surface area contributed by atoms with E-state index in [1.807, 2.05) is 44.2 Å². The molecular weight excluding hydrogens is 260 g/mol. The number of hydrogen-bond acceptors (Lipinski definition) is 2. The van der Waals surface area contributed by atoms with Crippen molar-refractivity contribution in [2.75, 3.05) is 0 Å². The van der Waals surface area contributed by atoms with Gasteiger partial charge >= 0.3 is 0 Å². The summed E-state index contributed by atoms with van der Waals surface area (Å²) in [4.78, 5) is 11.4. The standard InChI is InChI=1S/C18H18N2O/c1-13-9-17(10-18(11-19)15(3)21)14(2)20(13)12-16-7-5-4-6-8-16/h4-10H,12H2,1-3H3. The van der Waals surface area contributed by atoms with Gasteiger partial charge in [-0.05, 0) is 44.0 Å². The normalized spacial score (nSPS) is 11.2. The molecule has 0 atom stereocenters. The minimum Gasteiger partial charge on any atom is -0.344 e. The van der Waals surface area contributed by atoms with Gasteiger partial charge in [0.2, 0.25) is 0 Å². The number of nitrogens with zero attached hydrogens (tertiary/aromatic N) is 2. The van der Waals surface area contributed by atoms with Gasteiger partial charge in [-0.2, -0.15) is 5.26 Å². The van der Waals surface area contributed by atoms with Gasteiger partial charge in [-0.15, -0.1) is 0 Å². The Morgan fingerprint density at radius 2 is 1.95 bits per heavy atom. The van der Waals surface area contributed by atoms with Gasteiger partial charge in [0.05, 0.1) is 5.57 Å². The van der Waals surface area contributed by atoms with Crippen LogP contribution in [0.4, 0.5) is 0 Å². The predicted molar refractivity (Wildman–Crippen MR) is 83.7 cm³/mol. The van der Waals surface area contributed by atoms with E-state index in [2.05, 4.69) is 16.7 Å². The Kier molecular flexibility index (Phi) is 4.39. The Balaban J connectivity index is 2.39. The Morgan fingerprint density at radius 3 is 2.52 bits per heavy atom. The summed E-state index contributed by atoms with van der Waals surface area (Å²) >= 11 is 0. The largest absolute Gasteiger partial charge is 0.344 e. The second kappa shape index (κ2) is 6.23. The quantitative estimate of drug-likeness (QED) is 0.633. The van der Waals surface area contributed by atoms with Gasteiger partial charge in [0.15, 0.2) is 5.78 Å². The van der Waals surface area contributed by atoms with Gasteiger partial charge < -0.3 is 4.57 Å². The van der Waals surface area contributed by atoms with Crippen molar-refractivity contribution >= 4 is 11.9 Å². The van der Waals surface area contributed by atoms with Crippen molar-refractivity contribution in [2.45, 2.75) is 27.3 Å². The molecule has 0 aliphatic carbocycles. The van der Waals surface area contributed by atoms with E-state index in [0.29, 0.717) is 0 Å². The topological polar surface area (TPSA) is 45.8 Å². The van der Waals surface area contributed by atoms with Crippen molar-refractivity contribution in [3.8, 4) is 6.07 Å². The molecule has 0 radical (unpaired) electrons. The molecule has 0 spiro atoms. The Bertz CT molecular complexity index is 731. The molecule has 1 aromatic heterocycles. The highest BCUT2D eigenvalue weighted by atomic mass is 16.1. The molecule has 0 N–H and O–H groups in total. The molecule has 3 heteroatoms. The van der Waals surface area contributed by atoms with Crippen LogP contribution in [0.25, 0.3) is 6.08 Å². The van der Waals surface area contributed by atoms with Crippen LogP contribution in [-0.2, 0) is 11.3 Å². The second-order valence-electron chi connectivity index (χ2n) is 5.12. The van der Waals surface area contributed by atoms with Crippen LogP contribution in [0.15, 0.2) is 42.0 Å². The fourth-order valence-electron chi connectivity index (χ4n) is 2.35. The van der Waals surface area contributed by atoms with Crippen molar-refractivity contribution in [1.29, 1.82) is 5.26 Å². The summed E-state index contributed by atoms with van der Waals surface area (Å²) in [5.74, 6) is -0.203. The van der Waals surface area contributed by atoms with E-state index in [-0.39, 0.29) is 11.4 Å². The summed E-state index contributed by atoms with van der Waals surface area (Å²) in [5.41, 5.74) is 4.51. The first kappa shape index (κ1) is 14.8. The first-order chi connectivity index (χ1) is 10.0. The van der Waals surface area contributed by atoms with Crippen LogP contribution in [0.3, 0.4) is 0 Å². The number of aryl methyl sites for hydroxylation is 1. The zero-order valence-corrected chi connectivity index (χ0v) is 12.6. The van der Waals surface area contributed by atoms with Crippen molar-refractivity contribution in [2.24, 2.45) is 0 Å². The van der Waals surface area contributed by atoms with E-state index in [9.17, 15) is 4.79 Å². The van der Waals surface area contributed by atoms with Gasteiger partial charge in [-0.25, -0.2) is 0 Å². The van der Waals surface area contributed by atoms with Crippen molar-refractivity contribution in [3.63, 3.8) is 0 Å². The van der Waals surface area contributed by atoms with Crippen LogP contribution in [0.1, 0.15) is 29.4 Å². The van der Waals surface area contributed by atoms with E-state index in [0.717, 1.165) is 23.5 Å². The molecule has 0 aliphatic heterocycles. The molecule has 1 heterocycles. The average Bonchev–Trinajstić information content (AvgIpc) is 2.73. The predicted octanol–water partition coefficient (Wildman–Crippen LogP) is 3.65. The number of hydrogen-bond donors (Lipinski definition) is 0. The number of aromatic nitrogens is 1. The number of allylic oxidation sites excluding steroid dienone is 1. The number of nitriles is 1. The minimum atomic E-state index is -0.203. The fourth-order valence-corrected chi connectivity index (χ4v) is 2.35. The van der Waals surface area contributed by atoms with Gasteiger partial charge in [0.1, 0.15) is 6.07 Å². The lowest BCUT2D eigenvalue weighted by atomic mass is 10.1. The Hall–Kier alpha value is -2.60. The molecule has 0 amide bonds. The smallest absolute Gasteiger partial charge is 0.170 e. The molecule has 0 aliphatic rings.